The topological polar surface area (TPSA) is 40.1 Å². The van der Waals surface area contributed by atoms with Crippen molar-refractivity contribution in [1.82, 2.24) is 0 Å². The van der Waals surface area contributed by atoms with Gasteiger partial charge in [0.25, 0.3) is 0 Å². The molecule has 0 N–H and O–H groups in total. The molecule has 0 amide bonds. The molecule has 0 bridgehead atoms. The zero-order chi connectivity index (χ0) is 12.2. The van der Waals surface area contributed by atoms with E-state index < -0.39 is 11.2 Å². The van der Waals surface area contributed by atoms with E-state index in [1.807, 2.05) is 0 Å². The third-order valence-electron chi connectivity index (χ3n) is 1.81. The molecule has 0 aliphatic heterocycles. The number of aliphatic carboxylic acids is 1. The van der Waals surface area contributed by atoms with Crippen molar-refractivity contribution in [3.05, 3.63) is 0 Å². The third kappa shape index (κ3) is 9.94. The fourth-order valence-corrected chi connectivity index (χ4v) is 3.70. The molecule has 0 aliphatic carbocycles. The van der Waals surface area contributed by atoms with Crippen LogP contribution in [0, 0.1) is 0 Å². The zero-order valence-electron chi connectivity index (χ0n) is 9.12. The van der Waals surface area contributed by atoms with Gasteiger partial charge in [-0.2, -0.15) is 23.5 Å². The monoisotopic (exact) mass is 303 g/mol. The highest BCUT2D eigenvalue weighted by atomic mass is 35.5. The number of alkyl halides is 2. The van der Waals surface area contributed by atoms with E-state index in [0.717, 1.165) is 30.1 Å². The van der Waals surface area contributed by atoms with Crippen molar-refractivity contribution in [1.29, 1.82) is 0 Å². The first-order valence-electron chi connectivity index (χ1n) is 5.24. The highest BCUT2D eigenvalue weighted by Crippen LogP contribution is 2.18. The van der Waals surface area contributed by atoms with Gasteiger partial charge in [-0.05, 0) is 36.5 Å². The fraction of sp³-hybridized carbons (Fsp3) is 0.900. The van der Waals surface area contributed by atoms with Crippen LogP contribution < -0.4 is 5.11 Å². The van der Waals surface area contributed by atoms with E-state index in [9.17, 15) is 9.90 Å². The Morgan fingerprint density at radius 1 is 1.12 bits per heavy atom. The predicted octanol–water partition coefficient (Wildman–Crippen LogP) is 2.22. The minimum atomic E-state index is -0.961. The first kappa shape index (κ1) is 16.8. The summed E-state index contributed by atoms with van der Waals surface area (Å²) in [5, 5.41) is 10.4. The molecule has 0 radical (unpaired) electrons. The Kier molecular flexibility index (Phi) is 12.8. The maximum Gasteiger partial charge on any atom is 0.0544 e. The average molecular weight is 304 g/mol. The van der Waals surface area contributed by atoms with Crippen LogP contribution in [0.25, 0.3) is 0 Å². The first-order chi connectivity index (χ1) is 7.72. The molecular weight excluding hydrogens is 287 g/mol. The third-order valence-corrected chi connectivity index (χ3v) is 4.80. The summed E-state index contributed by atoms with van der Waals surface area (Å²) >= 11 is 14.3. The minimum Gasteiger partial charge on any atom is -0.549 e. The number of hydrogen-bond donors (Lipinski definition) is 0. The van der Waals surface area contributed by atoms with Gasteiger partial charge in [-0.3, -0.25) is 0 Å². The summed E-state index contributed by atoms with van der Waals surface area (Å²) in [5.74, 6) is 2.92. The van der Waals surface area contributed by atoms with Crippen molar-refractivity contribution in [3.63, 3.8) is 0 Å². The van der Waals surface area contributed by atoms with E-state index in [4.69, 9.17) is 23.2 Å². The largest absolute Gasteiger partial charge is 0.549 e. The SMILES string of the molecule is O=C([O-])C(CCSCCCCl)SCCCCl. The summed E-state index contributed by atoms with van der Waals surface area (Å²) in [6.45, 7) is 0. The van der Waals surface area contributed by atoms with Gasteiger partial charge < -0.3 is 9.90 Å². The molecule has 0 saturated carbocycles. The lowest BCUT2D eigenvalue weighted by Gasteiger charge is -2.16. The molecule has 96 valence electrons. The Balaban J connectivity index is 3.56. The summed E-state index contributed by atoms with van der Waals surface area (Å²) in [6, 6.07) is 0. The molecule has 1 unspecified atom stereocenters. The quantitative estimate of drug-likeness (QED) is 0.433. The second kappa shape index (κ2) is 12.2. The molecule has 16 heavy (non-hydrogen) atoms. The second-order valence-electron chi connectivity index (χ2n) is 3.16. The number of halogens is 2. The van der Waals surface area contributed by atoms with Gasteiger partial charge in [0.05, 0.1) is 5.97 Å². The lowest BCUT2D eigenvalue weighted by atomic mass is 10.3. The molecule has 2 nitrogen and oxygen atoms in total. The van der Waals surface area contributed by atoms with Gasteiger partial charge in [-0.25, -0.2) is 0 Å². The summed E-state index contributed by atoms with van der Waals surface area (Å²) in [4.78, 5) is 10.8. The fourth-order valence-electron chi connectivity index (χ4n) is 0.998. The highest BCUT2D eigenvalue weighted by Gasteiger charge is 2.09. The summed E-state index contributed by atoms with van der Waals surface area (Å²) in [6.07, 6.45) is 2.47. The Morgan fingerprint density at radius 2 is 1.75 bits per heavy atom. The van der Waals surface area contributed by atoms with Crippen molar-refractivity contribution in [2.45, 2.75) is 24.5 Å². The van der Waals surface area contributed by atoms with Gasteiger partial charge >= 0.3 is 0 Å². The van der Waals surface area contributed by atoms with Gasteiger partial charge in [0, 0.05) is 17.0 Å². The van der Waals surface area contributed by atoms with E-state index in [0.29, 0.717) is 18.2 Å². The molecule has 0 aromatic rings. The number of carbonyl (C=O) groups is 1. The molecule has 0 aromatic carbocycles. The zero-order valence-corrected chi connectivity index (χ0v) is 12.3. The molecule has 0 rings (SSSR count). The molecule has 0 spiro atoms. The molecule has 1 atom stereocenters. The maximum absolute atomic E-state index is 10.8. The summed E-state index contributed by atoms with van der Waals surface area (Å²) < 4.78 is 0. The van der Waals surface area contributed by atoms with E-state index in [2.05, 4.69) is 0 Å². The Hall–Kier alpha value is 0.750. The Morgan fingerprint density at radius 3 is 2.31 bits per heavy atom. The Labute approximate surface area is 116 Å². The number of hydrogen-bond acceptors (Lipinski definition) is 4. The number of rotatable bonds is 11. The number of carboxylic acid groups (broad SMARTS) is 1. The van der Waals surface area contributed by atoms with Gasteiger partial charge in [0.15, 0.2) is 0 Å². The lowest BCUT2D eigenvalue weighted by Crippen LogP contribution is -2.34. The van der Waals surface area contributed by atoms with Crippen molar-refractivity contribution in [2.75, 3.05) is 29.0 Å². The second-order valence-corrected chi connectivity index (χ2v) is 6.46. The van der Waals surface area contributed by atoms with E-state index in [-0.39, 0.29) is 0 Å². The van der Waals surface area contributed by atoms with Crippen LogP contribution in [0.3, 0.4) is 0 Å². The van der Waals surface area contributed by atoms with Crippen LogP contribution in [0.4, 0.5) is 0 Å². The average Bonchev–Trinajstić information content (AvgIpc) is 2.26. The minimum absolute atomic E-state index is 0.397. The maximum atomic E-state index is 10.8. The van der Waals surface area contributed by atoms with E-state index >= 15 is 0 Å². The van der Waals surface area contributed by atoms with Crippen LogP contribution in [0.15, 0.2) is 0 Å². The highest BCUT2D eigenvalue weighted by molar-refractivity contribution is 8.01. The van der Waals surface area contributed by atoms with Crippen molar-refractivity contribution < 1.29 is 9.90 Å². The summed E-state index contributed by atoms with van der Waals surface area (Å²) in [5.41, 5.74) is 0. The Bertz CT molecular complexity index is 182. The van der Waals surface area contributed by atoms with Crippen LogP contribution >= 0.6 is 46.7 Å². The number of thioether (sulfide) groups is 2. The molecule has 0 aliphatic rings. The smallest absolute Gasteiger partial charge is 0.0544 e. The molecular formula is C10H17Cl2O2S2-. The van der Waals surface area contributed by atoms with Crippen molar-refractivity contribution >= 4 is 52.7 Å². The summed E-state index contributed by atoms with van der Waals surface area (Å²) in [7, 11) is 0. The first-order valence-corrected chi connectivity index (χ1v) is 8.51. The molecule has 6 heteroatoms. The van der Waals surface area contributed by atoms with Crippen LogP contribution in [-0.2, 0) is 4.79 Å². The van der Waals surface area contributed by atoms with E-state index in [1.165, 1.54) is 11.8 Å². The lowest BCUT2D eigenvalue weighted by molar-refractivity contribution is -0.304. The van der Waals surface area contributed by atoms with Gasteiger partial charge in [0.1, 0.15) is 0 Å². The van der Waals surface area contributed by atoms with Crippen molar-refractivity contribution in [3.8, 4) is 0 Å². The van der Waals surface area contributed by atoms with Crippen LogP contribution in [0.5, 0.6) is 0 Å². The van der Waals surface area contributed by atoms with Crippen molar-refractivity contribution in [2.24, 2.45) is 0 Å². The standard InChI is InChI=1S/C10H18Cl2O2S2/c11-4-1-6-15-8-3-9(10(13)14)16-7-2-5-12/h9H,1-8H2,(H,13,14)/p-1. The van der Waals surface area contributed by atoms with Crippen LogP contribution in [0.2, 0.25) is 0 Å². The van der Waals surface area contributed by atoms with Crippen LogP contribution in [-0.4, -0.2) is 40.2 Å². The van der Waals surface area contributed by atoms with Gasteiger partial charge in [-0.15, -0.1) is 23.2 Å². The van der Waals surface area contributed by atoms with Crippen LogP contribution in [0.1, 0.15) is 19.3 Å². The molecule has 0 saturated heterocycles. The number of carbonyl (C=O) groups excluding carboxylic acids is 1. The van der Waals surface area contributed by atoms with Gasteiger partial charge in [0.2, 0.25) is 0 Å². The van der Waals surface area contributed by atoms with E-state index in [1.54, 1.807) is 11.8 Å². The van der Waals surface area contributed by atoms with Gasteiger partial charge in [-0.1, -0.05) is 0 Å². The normalized spacial score (nSPS) is 12.6. The molecule has 0 fully saturated rings. The predicted molar refractivity (Wildman–Crippen MR) is 73.9 cm³/mol. The molecule has 0 aromatic heterocycles. The molecule has 0 heterocycles. The number of carboxylic acids is 1.